The first-order valence-corrected chi connectivity index (χ1v) is 3.88. The number of benzene rings is 1. The third-order valence-corrected chi connectivity index (χ3v) is 1.80. The Morgan fingerprint density at radius 3 is 2.67 bits per heavy atom. The smallest absolute Gasteiger partial charge is 0.325 e. The summed E-state index contributed by atoms with van der Waals surface area (Å²) < 4.78 is 17.6. The standard InChI is InChI=1S/C9H10FNO3.ClH/c1-14-7-4-5(2-3-6(7)10)8(11)9(12)13;/h2-4,8H,11H2,1H3,(H,12,13);1H/t8-;/m1./s1. The second-order valence-electron chi connectivity index (χ2n) is 2.71. The number of aliphatic carboxylic acids is 1. The van der Waals surface area contributed by atoms with Gasteiger partial charge in [0, 0.05) is 0 Å². The van der Waals surface area contributed by atoms with Crippen molar-refractivity contribution in [2.75, 3.05) is 7.11 Å². The maximum Gasteiger partial charge on any atom is 0.325 e. The highest BCUT2D eigenvalue weighted by atomic mass is 35.5. The first-order valence-electron chi connectivity index (χ1n) is 3.88. The fourth-order valence-electron chi connectivity index (χ4n) is 1.01. The summed E-state index contributed by atoms with van der Waals surface area (Å²) in [6.07, 6.45) is 0. The van der Waals surface area contributed by atoms with Crippen LogP contribution in [0.25, 0.3) is 0 Å². The topological polar surface area (TPSA) is 72.5 Å². The number of hydrogen-bond acceptors (Lipinski definition) is 3. The van der Waals surface area contributed by atoms with Gasteiger partial charge < -0.3 is 15.6 Å². The molecule has 0 heterocycles. The molecule has 4 nitrogen and oxygen atoms in total. The van der Waals surface area contributed by atoms with Crippen molar-refractivity contribution in [3.05, 3.63) is 29.6 Å². The molecule has 0 saturated heterocycles. The maximum absolute atomic E-state index is 12.9. The van der Waals surface area contributed by atoms with Gasteiger partial charge in [-0.2, -0.15) is 0 Å². The van der Waals surface area contributed by atoms with Gasteiger partial charge in [0.2, 0.25) is 0 Å². The number of carboxylic acid groups (broad SMARTS) is 1. The fourth-order valence-corrected chi connectivity index (χ4v) is 1.01. The van der Waals surface area contributed by atoms with Crippen LogP contribution in [-0.4, -0.2) is 18.2 Å². The summed E-state index contributed by atoms with van der Waals surface area (Å²) in [7, 11) is 1.30. The van der Waals surface area contributed by atoms with E-state index in [9.17, 15) is 9.18 Å². The second kappa shape index (κ2) is 5.53. The van der Waals surface area contributed by atoms with Crippen LogP contribution in [0, 0.1) is 5.82 Å². The SMILES string of the molecule is COc1cc([C@@H](N)C(=O)O)ccc1F.Cl. The average Bonchev–Trinajstić information content (AvgIpc) is 2.17. The number of rotatable bonds is 3. The van der Waals surface area contributed by atoms with Gasteiger partial charge in [0.25, 0.3) is 0 Å². The van der Waals surface area contributed by atoms with Crippen molar-refractivity contribution in [2.24, 2.45) is 5.73 Å². The molecule has 0 fully saturated rings. The van der Waals surface area contributed by atoms with Gasteiger partial charge in [0.15, 0.2) is 11.6 Å². The Morgan fingerprint density at radius 1 is 1.60 bits per heavy atom. The van der Waals surface area contributed by atoms with Crippen molar-refractivity contribution in [2.45, 2.75) is 6.04 Å². The highest BCUT2D eigenvalue weighted by Gasteiger charge is 2.15. The number of halogens is 2. The van der Waals surface area contributed by atoms with Crippen molar-refractivity contribution in [1.82, 2.24) is 0 Å². The molecule has 0 spiro atoms. The molecule has 1 aromatic rings. The summed E-state index contributed by atoms with van der Waals surface area (Å²) in [5.74, 6) is -1.73. The molecule has 15 heavy (non-hydrogen) atoms. The molecule has 0 aliphatic rings. The molecule has 3 N–H and O–H groups in total. The van der Waals surface area contributed by atoms with Gasteiger partial charge in [-0.1, -0.05) is 6.07 Å². The van der Waals surface area contributed by atoms with Gasteiger partial charge in [-0.25, -0.2) is 4.39 Å². The number of carbonyl (C=O) groups is 1. The van der Waals surface area contributed by atoms with Crippen LogP contribution < -0.4 is 10.5 Å². The van der Waals surface area contributed by atoms with Crippen LogP contribution in [0.3, 0.4) is 0 Å². The Bertz CT molecular complexity index is 359. The highest BCUT2D eigenvalue weighted by molar-refractivity contribution is 5.85. The van der Waals surface area contributed by atoms with E-state index in [1.54, 1.807) is 0 Å². The summed E-state index contributed by atoms with van der Waals surface area (Å²) >= 11 is 0. The monoisotopic (exact) mass is 235 g/mol. The first-order chi connectivity index (χ1) is 6.56. The molecular formula is C9H11ClFNO3. The Hall–Kier alpha value is -1.33. The van der Waals surface area contributed by atoms with Crippen molar-refractivity contribution in [3.63, 3.8) is 0 Å². The van der Waals surface area contributed by atoms with E-state index < -0.39 is 17.8 Å². The Balaban J connectivity index is 0.00000196. The molecule has 0 saturated carbocycles. The van der Waals surface area contributed by atoms with E-state index in [4.69, 9.17) is 15.6 Å². The summed E-state index contributed by atoms with van der Waals surface area (Å²) in [6, 6.07) is 2.55. The Morgan fingerprint density at radius 2 is 2.20 bits per heavy atom. The van der Waals surface area contributed by atoms with Crippen molar-refractivity contribution in [1.29, 1.82) is 0 Å². The van der Waals surface area contributed by atoms with Crippen molar-refractivity contribution < 1.29 is 19.0 Å². The lowest BCUT2D eigenvalue weighted by Crippen LogP contribution is -2.20. The van der Waals surface area contributed by atoms with E-state index in [0.717, 1.165) is 6.07 Å². The van der Waals surface area contributed by atoms with E-state index in [2.05, 4.69) is 0 Å². The summed E-state index contributed by atoms with van der Waals surface area (Å²) in [6.45, 7) is 0. The maximum atomic E-state index is 12.9. The average molecular weight is 236 g/mol. The lowest BCUT2D eigenvalue weighted by Gasteiger charge is -2.08. The predicted octanol–water partition coefficient (Wildman–Crippen LogP) is 1.34. The number of methoxy groups -OCH3 is 1. The van der Waals surface area contributed by atoms with Gasteiger partial charge in [0.05, 0.1) is 7.11 Å². The number of ether oxygens (including phenoxy) is 1. The molecule has 0 amide bonds. The number of hydrogen-bond donors (Lipinski definition) is 2. The number of carboxylic acids is 1. The highest BCUT2D eigenvalue weighted by Crippen LogP contribution is 2.21. The minimum Gasteiger partial charge on any atom is -0.494 e. The Kier molecular flexibility index (Phi) is 5.04. The third-order valence-electron chi connectivity index (χ3n) is 1.80. The van der Waals surface area contributed by atoms with Crippen LogP contribution in [0.2, 0.25) is 0 Å². The molecule has 0 aromatic heterocycles. The quantitative estimate of drug-likeness (QED) is 0.829. The van der Waals surface area contributed by atoms with Crippen molar-refractivity contribution >= 4 is 18.4 Å². The van der Waals surface area contributed by atoms with E-state index in [1.165, 1.54) is 19.2 Å². The van der Waals surface area contributed by atoms with Crippen LogP contribution in [0.1, 0.15) is 11.6 Å². The van der Waals surface area contributed by atoms with Crippen molar-refractivity contribution in [3.8, 4) is 5.75 Å². The molecule has 0 aliphatic heterocycles. The van der Waals surface area contributed by atoms with Crippen LogP contribution in [-0.2, 0) is 4.79 Å². The molecule has 6 heteroatoms. The lowest BCUT2D eigenvalue weighted by atomic mass is 10.1. The molecule has 1 rings (SSSR count). The largest absolute Gasteiger partial charge is 0.494 e. The molecule has 0 unspecified atom stereocenters. The Labute approximate surface area is 92.3 Å². The first kappa shape index (κ1) is 13.7. The van der Waals surface area contributed by atoms with Gasteiger partial charge >= 0.3 is 5.97 Å². The van der Waals surface area contributed by atoms with E-state index in [0.29, 0.717) is 5.56 Å². The fraction of sp³-hybridized carbons (Fsp3) is 0.222. The minimum atomic E-state index is -1.17. The molecule has 1 aromatic carbocycles. The summed E-state index contributed by atoms with van der Waals surface area (Å²) in [5.41, 5.74) is 5.64. The third kappa shape index (κ3) is 3.07. The van der Waals surface area contributed by atoms with Crippen LogP contribution >= 0.6 is 12.4 Å². The summed E-state index contributed by atoms with van der Waals surface area (Å²) in [5, 5.41) is 8.61. The molecule has 84 valence electrons. The zero-order valence-corrected chi connectivity index (χ0v) is 8.75. The van der Waals surface area contributed by atoms with Gasteiger partial charge in [0.1, 0.15) is 6.04 Å². The van der Waals surface area contributed by atoms with E-state index in [1.807, 2.05) is 0 Å². The minimum absolute atomic E-state index is 0. The van der Waals surface area contributed by atoms with Gasteiger partial charge in [-0.05, 0) is 17.7 Å². The molecular weight excluding hydrogens is 225 g/mol. The van der Waals surface area contributed by atoms with E-state index in [-0.39, 0.29) is 18.2 Å². The zero-order chi connectivity index (χ0) is 10.7. The van der Waals surface area contributed by atoms with Gasteiger partial charge in [-0.3, -0.25) is 4.79 Å². The molecule has 1 atom stereocenters. The van der Waals surface area contributed by atoms with E-state index >= 15 is 0 Å². The normalized spacial score (nSPS) is 11.4. The molecule has 0 bridgehead atoms. The predicted molar refractivity (Wildman–Crippen MR) is 54.8 cm³/mol. The molecule has 0 aliphatic carbocycles. The second-order valence-corrected chi connectivity index (χ2v) is 2.71. The lowest BCUT2D eigenvalue weighted by molar-refractivity contribution is -0.138. The van der Waals surface area contributed by atoms with Crippen LogP contribution in [0.4, 0.5) is 4.39 Å². The van der Waals surface area contributed by atoms with Crippen LogP contribution in [0.15, 0.2) is 18.2 Å². The van der Waals surface area contributed by atoms with Crippen LogP contribution in [0.5, 0.6) is 5.75 Å². The summed E-state index contributed by atoms with van der Waals surface area (Å²) in [4.78, 5) is 10.5. The number of nitrogens with two attached hydrogens (primary N) is 1. The zero-order valence-electron chi connectivity index (χ0n) is 7.94. The molecule has 0 radical (unpaired) electrons. The van der Waals surface area contributed by atoms with Gasteiger partial charge in [-0.15, -0.1) is 12.4 Å².